The third-order valence-corrected chi connectivity index (χ3v) is 6.76. The number of fused-ring (bicyclic) bond motifs is 1. The highest BCUT2D eigenvalue weighted by Gasteiger charge is 2.19. The van der Waals surface area contributed by atoms with Crippen molar-refractivity contribution in [3.63, 3.8) is 0 Å². The van der Waals surface area contributed by atoms with E-state index < -0.39 is 0 Å². The number of hydrogen-bond donors (Lipinski definition) is 1. The quantitative estimate of drug-likeness (QED) is 0.520. The van der Waals surface area contributed by atoms with Gasteiger partial charge in [0.15, 0.2) is 0 Å². The molecule has 1 amide bonds. The summed E-state index contributed by atoms with van der Waals surface area (Å²) in [7, 11) is 2.21. The zero-order chi connectivity index (χ0) is 21.6. The van der Waals surface area contributed by atoms with E-state index >= 15 is 0 Å². The van der Waals surface area contributed by atoms with E-state index in [1.54, 1.807) is 11.8 Å². The van der Waals surface area contributed by atoms with Crippen molar-refractivity contribution in [1.82, 2.24) is 14.5 Å². The molecule has 4 rings (SSSR count). The van der Waals surface area contributed by atoms with Gasteiger partial charge in [0, 0.05) is 18.3 Å². The SMILES string of the molecule is CSCc1nc2ccccc2n1CC(=O)Nc1ccccc1CN(C)C1CCCCC1. The number of nitrogens with zero attached hydrogens (tertiary/aromatic N) is 3. The van der Waals surface area contributed by atoms with Gasteiger partial charge in [-0.15, -0.1) is 0 Å². The lowest BCUT2D eigenvalue weighted by Gasteiger charge is -2.31. The van der Waals surface area contributed by atoms with Crippen molar-refractivity contribution in [1.29, 1.82) is 0 Å². The Morgan fingerprint density at radius 2 is 1.87 bits per heavy atom. The van der Waals surface area contributed by atoms with Gasteiger partial charge >= 0.3 is 0 Å². The molecule has 164 valence electrons. The van der Waals surface area contributed by atoms with Crippen LogP contribution >= 0.6 is 11.8 Å². The smallest absolute Gasteiger partial charge is 0.244 e. The maximum absolute atomic E-state index is 13.0. The van der Waals surface area contributed by atoms with Gasteiger partial charge in [0.05, 0.1) is 16.8 Å². The first-order chi connectivity index (χ1) is 15.2. The molecule has 1 aromatic heterocycles. The van der Waals surface area contributed by atoms with E-state index in [1.165, 1.54) is 37.7 Å². The first-order valence-electron chi connectivity index (χ1n) is 11.2. The standard InChI is InChI=1S/C25H32N4OS/c1-28(20-11-4-3-5-12-20)16-19-10-6-7-13-21(19)27-25(30)17-29-23-15-9-8-14-22(23)26-24(29)18-31-2/h6-10,13-15,20H,3-5,11-12,16-18H2,1-2H3,(H,27,30). The molecule has 6 heteroatoms. The van der Waals surface area contributed by atoms with Crippen molar-refractivity contribution in [2.75, 3.05) is 18.6 Å². The molecule has 0 bridgehead atoms. The second kappa shape index (κ2) is 10.3. The van der Waals surface area contributed by atoms with Crippen molar-refractivity contribution in [3.05, 3.63) is 59.9 Å². The van der Waals surface area contributed by atoms with E-state index in [0.29, 0.717) is 6.04 Å². The van der Waals surface area contributed by atoms with E-state index in [9.17, 15) is 4.79 Å². The van der Waals surface area contributed by atoms with Gasteiger partial charge in [0.2, 0.25) is 5.91 Å². The number of para-hydroxylation sites is 3. The molecular weight excluding hydrogens is 404 g/mol. The molecule has 31 heavy (non-hydrogen) atoms. The summed E-state index contributed by atoms with van der Waals surface area (Å²) in [6.45, 7) is 1.12. The van der Waals surface area contributed by atoms with Crippen LogP contribution in [0.1, 0.15) is 43.5 Å². The zero-order valence-corrected chi connectivity index (χ0v) is 19.3. The lowest BCUT2D eigenvalue weighted by Crippen LogP contribution is -2.33. The van der Waals surface area contributed by atoms with Crippen molar-refractivity contribution in [2.24, 2.45) is 0 Å². The molecule has 0 unspecified atom stereocenters. The first kappa shape index (κ1) is 21.9. The first-order valence-corrected chi connectivity index (χ1v) is 12.6. The summed E-state index contributed by atoms with van der Waals surface area (Å²) >= 11 is 1.72. The van der Waals surface area contributed by atoms with Gasteiger partial charge in [0.25, 0.3) is 0 Å². The average molecular weight is 437 g/mol. The maximum atomic E-state index is 13.0. The minimum Gasteiger partial charge on any atom is -0.324 e. The Labute approximate surface area is 189 Å². The average Bonchev–Trinajstić information content (AvgIpc) is 3.13. The third kappa shape index (κ3) is 5.31. The lowest BCUT2D eigenvalue weighted by molar-refractivity contribution is -0.116. The van der Waals surface area contributed by atoms with Gasteiger partial charge < -0.3 is 9.88 Å². The molecule has 0 saturated heterocycles. The fraction of sp³-hybridized carbons (Fsp3) is 0.440. The van der Waals surface area contributed by atoms with Gasteiger partial charge in [-0.3, -0.25) is 9.69 Å². The maximum Gasteiger partial charge on any atom is 0.244 e. The molecule has 1 N–H and O–H groups in total. The highest BCUT2D eigenvalue weighted by molar-refractivity contribution is 7.97. The second-order valence-corrected chi connectivity index (χ2v) is 9.31. The van der Waals surface area contributed by atoms with E-state index in [2.05, 4.69) is 35.7 Å². The molecule has 1 aliphatic carbocycles. The van der Waals surface area contributed by atoms with Crippen LogP contribution in [0.4, 0.5) is 5.69 Å². The molecule has 0 atom stereocenters. The second-order valence-electron chi connectivity index (χ2n) is 8.45. The Morgan fingerprint density at radius 3 is 2.68 bits per heavy atom. The summed E-state index contributed by atoms with van der Waals surface area (Å²) in [5.41, 5.74) is 4.02. The van der Waals surface area contributed by atoms with E-state index in [1.807, 2.05) is 41.0 Å². The van der Waals surface area contributed by atoms with Crippen LogP contribution in [0, 0.1) is 0 Å². The number of benzene rings is 2. The molecule has 0 radical (unpaired) electrons. The molecule has 3 aromatic rings. The Bertz CT molecular complexity index is 1030. The predicted octanol–water partition coefficient (Wildman–Crippen LogP) is 5.30. The van der Waals surface area contributed by atoms with Gasteiger partial charge in [-0.25, -0.2) is 4.98 Å². The minimum atomic E-state index is -0.0155. The summed E-state index contributed by atoms with van der Waals surface area (Å²) in [6.07, 6.45) is 8.62. The van der Waals surface area contributed by atoms with Crippen molar-refractivity contribution >= 4 is 34.4 Å². The Morgan fingerprint density at radius 1 is 1.13 bits per heavy atom. The number of thioether (sulfide) groups is 1. The van der Waals surface area contributed by atoms with Crippen molar-refractivity contribution in [2.45, 2.75) is 57.0 Å². The normalized spacial score (nSPS) is 14.9. The van der Waals surface area contributed by atoms with Crippen LogP contribution in [0.15, 0.2) is 48.5 Å². The molecule has 2 aromatic carbocycles. The fourth-order valence-corrected chi connectivity index (χ4v) is 5.05. The molecular formula is C25H32N4OS. The number of carbonyl (C=O) groups excluding carboxylic acids is 1. The Balaban J connectivity index is 1.48. The number of nitrogens with one attached hydrogen (secondary N) is 1. The van der Waals surface area contributed by atoms with E-state index in [0.717, 1.165) is 34.8 Å². The number of hydrogen-bond acceptors (Lipinski definition) is 4. The van der Waals surface area contributed by atoms with E-state index in [-0.39, 0.29) is 12.5 Å². The summed E-state index contributed by atoms with van der Waals surface area (Å²) in [5.74, 6) is 1.71. The molecule has 1 saturated carbocycles. The van der Waals surface area contributed by atoms with Gasteiger partial charge in [-0.05, 0) is 49.9 Å². The lowest BCUT2D eigenvalue weighted by atomic mass is 9.94. The number of aromatic nitrogens is 2. The summed E-state index contributed by atoms with van der Waals surface area (Å²) in [5, 5.41) is 3.17. The van der Waals surface area contributed by atoms with Gasteiger partial charge in [-0.1, -0.05) is 49.6 Å². The number of anilines is 1. The van der Waals surface area contributed by atoms with Crippen LogP contribution in [-0.4, -0.2) is 39.7 Å². The fourth-order valence-electron chi connectivity index (χ4n) is 4.57. The van der Waals surface area contributed by atoms with Crippen LogP contribution in [0.3, 0.4) is 0 Å². The highest BCUT2D eigenvalue weighted by atomic mass is 32.2. The van der Waals surface area contributed by atoms with Crippen LogP contribution < -0.4 is 5.32 Å². The van der Waals surface area contributed by atoms with E-state index in [4.69, 9.17) is 4.98 Å². The number of rotatable bonds is 8. The molecule has 0 aliphatic heterocycles. The number of amides is 1. The minimum absolute atomic E-state index is 0.0155. The van der Waals surface area contributed by atoms with Crippen LogP contribution in [0.25, 0.3) is 11.0 Å². The highest BCUT2D eigenvalue weighted by Crippen LogP contribution is 2.25. The Kier molecular flexibility index (Phi) is 7.30. The van der Waals surface area contributed by atoms with Crippen molar-refractivity contribution < 1.29 is 4.79 Å². The van der Waals surface area contributed by atoms with Crippen LogP contribution in [0.2, 0.25) is 0 Å². The van der Waals surface area contributed by atoms with Crippen LogP contribution in [-0.2, 0) is 23.6 Å². The summed E-state index contributed by atoms with van der Waals surface area (Å²) in [6, 6.07) is 16.8. The monoisotopic (exact) mass is 436 g/mol. The summed E-state index contributed by atoms with van der Waals surface area (Å²) < 4.78 is 2.04. The molecule has 1 heterocycles. The number of carbonyl (C=O) groups is 1. The topological polar surface area (TPSA) is 50.2 Å². The third-order valence-electron chi connectivity index (χ3n) is 6.22. The summed E-state index contributed by atoms with van der Waals surface area (Å²) in [4.78, 5) is 20.2. The van der Waals surface area contributed by atoms with Gasteiger partial charge in [-0.2, -0.15) is 11.8 Å². The van der Waals surface area contributed by atoms with Crippen molar-refractivity contribution in [3.8, 4) is 0 Å². The molecule has 1 fully saturated rings. The molecule has 0 spiro atoms. The van der Waals surface area contributed by atoms with Gasteiger partial charge in [0.1, 0.15) is 12.4 Å². The molecule has 5 nitrogen and oxygen atoms in total. The molecule has 1 aliphatic rings. The van der Waals surface area contributed by atoms with Crippen LogP contribution in [0.5, 0.6) is 0 Å². The largest absolute Gasteiger partial charge is 0.324 e. The zero-order valence-electron chi connectivity index (χ0n) is 18.5. The number of imidazole rings is 1. The Hall–Kier alpha value is -2.31. The predicted molar refractivity (Wildman–Crippen MR) is 130 cm³/mol.